The summed E-state index contributed by atoms with van der Waals surface area (Å²) in [6.07, 6.45) is 1.87. The second-order valence-corrected chi connectivity index (χ2v) is 10.0. The highest BCUT2D eigenvalue weighted by atomic mass is 79.9. The maximum absolute atomic E-state index is 5.12. The smallest absolute Gasteiger partial charge is 0.160 e. The van der Waals surface area contributed by atoms with Gasteiger partial charge in [0.05, 0.1) is 17.4 Å². The molecule has 0 amide bonds. The second kappa shape index (κ2) is 7.33. The van der Waals surface area contributed by atoms with Gasteiger partial charge in [-0.25, -0.2) is 0 Å². The van der Waals surface area contributed by atoms with Crippen molar-refractivity contribution in [2.45, 2.75) is 38.1 Å². The number of halogens is 1. The van der Waals surface area contributed by atoms with Crippen LogP contribution in [0.25, 0.3) is 5.69 Å². The summed E-state index contributed by atoms with van der Waals surface area (Å²) >= 11 is 5.61. The van der Waals surface area contributed by atoms with Gasteiger partial charge in [-0.1, -0.05) is 36.9 Å². The normalized spacial score (nSPS) is 23.4. The lowest BCUT2D eigenvalue weighted by molar-refractivity contribution is 0.320. The largest absolute Gasteiger partial charge is 0.341 e. The van der Waals surface area contributed by atoms with Gasteiger partial charge in [-0.15, -0.1) is 0 Å². The zero-order valence-electron chi connectivity index (χ0n) is 16.7. The van der Waals surface area contributed by atoms with Gasteiger partial charge in [-0.3, -0.25) is 9.98 Å². The fourth-order valence-electron chi connectivity index (χ4n) is 4.54. The van der Waals surface area contributed by atoms with Crippen LogP contribution in [0.1, 0.15) is 41.7 Å². The van der Waals surface area contributed by atoms with E-state index in [1.54, 1.807) is 0 Å². The molecular weight excluding hydrogens is 444 g/mol. The molecule has 4 nitrogen and oxygen atoms in total. The number of para-hydroxylation sites is 1. The lowest BCUT2D eigenvalue weighted by Gasteiger charge is -2.27. The summed E-state index contributed by atoms with van der Waals surface area (Å²) in [6.45, 7) is 7.71. The molecule has 0 saturated carbocycles. The Morgan fingerprint density at radius 3 is 2.66 bits per heavy atom. The van der Waals surface area contributed by atoms with Gasteiger partial charge in [0.25, 0.3) is 0 Å². The summed E-state index contributed by atoms with van der Waals surface area (Å²) in [5, 5.41) is 1.72. The van der Waals surface area contributed by atoms with Gasteiger partial charge >= 0.3 is 0 Å². The van der Waals surface area contributed by atoms with Crippen molar-refractivity contribution in [1.82, 2.24) is 14.5 Å². The average Bonchev–Trinajstić information content (AvgIpc) is 3.33. The standard InChI is InChI=1S/C23H23BrN4S/c1-14-12-17(16(3)28(14)20-10-5-4-8-18(20)24)22-21(19-9-6-7-11-25-19)26-23-27(22)13-15(2)29-23/h4-12,15,21-22H,13H2,1-3H3/t15-,21-,22-/m1/s1. The summed E-state index contributed by atoms with van der Waals surface area (Å²) in [7, 11) is 0. The molecule has 1 aromatic carbocycles. The van der Waals surface area contributed by atoms with Gasteiger partial charge in [-0.2, -0.15) is 0 Å². The second-order valence-electron chi connectivity index (χ2n) is 7.75. The van der Waals surface area contributed by atoms with Gasteiger partial charge in [0.2, 0.25) is 0 Å². The topological polar surface area (TPSA) is 33.4 Å². The molecule has 1 saturated heterocycles. The van der Waals surface area contributed by atoms with Crippen molar-refractivity contribution in [1.29, 1.82) is 0 Å². The molecule has 4 heterocycles. The van der Waals surface area contributed by atoms with Gasteiger partial charge < -0.3 is 9.47 Å². The van der Waals surface area contributed by atoms with Crippen LogP contribution in [0.4, 0.5) is 0 Å². The van der Waals surface area contributed by atoms with Crippen molar-refractivity contribution in [2.24, 2.45) is 4.99 Å². The number of thioether (sulfide) groups is 1. The fraction of sp³-hybridized carbons (Fsp3) is 0.304. The number of benzene rings is 1. The maximum Gasteiger partial charge on any atom is 0.160 e. The highest BCUT2D eigenvalue weighted by Crippen LogP contribution is 2.49. The number of rotatable bonds is 3. The average molecular weight is 467 g/mol. The van der Waals surface area contributed by atoms with Crippen molar-refractivity contribution in [2.75, 3.05) is 6.54 Å². The minimum Gasteiger partial charge on any atom is -0.341 e. The molecular formula is C23H23BrN4S. The Hall–Kier alpha value is -2.05. The summed E-state index contributed by atoms with van der Waals surface area (Å²) < 4.78 is 3.45. The van der Waals surface area contributed by atoms with E-state index in [1.165, 1.54) is 22.6 Å². The van der Waals surface area contributed by atoms with Crippen LogP contribution in [0.5, 0.6) is 0 Å². The molecule has 0 aliphatic carbocycles. The quantitative estimate of drug-likeness (QED) is 0.485. The first-order chi connectivity index (χ1) is 14.0. The highest BCUT2D eigenvalue weighted by molar-refractivity contribution is 9.10. The summed E-state index contributed by atoms with van der Waals surface area (Å²) in [4.78, 5) is 12.3. The first-order valence-corrected chi connectivity index (χ1v) is 11.6. The molecule has 6 heteroatoms. The predicted octanol–water partition coefficient (Wildman–Crippen LogP) is 5.84. The Bertz CT molecular complexity index is 1090. The Labute approximate surface area is 184 Å². The number of aromatic nitrogens is 2. The van der Waals surface area contributed by atoms with Crippen molar-refractivity contribution < 1.29 is 0 Å². The monoisotopic (exact) mass is 466 g/mol. The first-order valence-electron chi connectivity index (χ1n) is 9.90. The maximum atomic E-state index is 5.12. The molecule has 3 atom stereocenters. The Morgan fingerprint density at radius 2 is 1.90 bits per heavy atom. The molecule has 5 rings (SSSR count). The summed E-state index contributed by atoms with van der Waals surface area (Å²) in [5.41, 5.74) is 6.05. The molecule has 0 bridgehead atoms. The SMILES string of the molecule is Cc1cc([C@@H]2[C@@H](c3ccccn3)N=C3S[C@H](C)CN32)c(C)n1-c1ccccc1Br. The number of pyridine rings is 1. The third-order valence-electron chi connectivity index (χ3n) is 5.76. The van der Waals surface area contributed by atoms with E-state index < -0.39 is 0 Å². The van der Waals surface area contributed by atoms with E-state index in [1.807, 2.05) is 24.0 Å². The van der Waals surface area contributed by atoms with Crippen molar-refractivity contribution >= 4 is 32.9 Å². The van der Waals surface area contributed by atoms with E-state index in [2.05, 4.69) is 93.6 Å². The van der Waals surface area contributed by atoms with Gasteiger partial charge in [0, 0.05) is 33.9 Å². The molecule has 2 aliphatic heterocycles. The van der Waals surface area contributed by atoms with Crippen LogP contribution >= 0.6 is 27.7 Å². The molecule has 0 unspecified atom stereocenters. The number of hydrogen-bond acceptors (Lipinski definition) is 4. The molecule has 1 fully saturated rings. The van der Waals surface area contributed by atoms with Crippen LogP contribution in [0.15, 0.2) is 64.2 Å². The Balaban J connectivity index is 1.64. The van der Waals surface area contributed by atoms with Crippen molar-refractivity contribution in [3.05, 3.63) is 81.8 Å². The first kappa shape index (κ1) is 18.9. The van der Waals surface area contributed by atoms with E-state index in [0.29, 0.717) is 5.25 Å². The fourth-order valence-corrected chi connectivity index (χ4v) is 6.10. The number of aryl methyl sites for hydroxylation is 1. The minimum atomic E-state index is 0.0272. The van der Waals surface area contributed by atoms with E-state index in [0.717, 1.165) is 21.9 Å². The molecule has 2 aromatic heterocycles. The molecule has 148 valence electrons. The highest BCUT2D eigenvalue weighted by Gasteiger charge is 2.44. The van der Waals surface area contributed by atoms with Gasteiger partial charge in [-0.05, 0) is 65.7 Å². The number of amidine groups is 1. The van der Waals surface area contributed by atoms with Crippen LogP contribution in [0, 0.1) is 13.8 Å². The molecule has 0 spiro atoms. The minimum absolute atomic E-state index is 0.0272. The summed E-state index contributed by atoms with van der Waals surface area (Å²) in [5.74, 6) is 0. The van der Waals surface area contributed by atoms with E-state index in [-0.39, 0.29) is 12.1 Å². The number of hydrogen-bond donors (Lipinski definition) is 0. The number of aliphatic imine (C=N–C) groups is 1. The third kappa shape index (κ3) is 3.13. The van der Waals surface area contributed by atoms with Crippen LogP contribution in [0.2, 0.25) is 0 Å². The molecule has 3 aromatic rings. The van der Waals surface area contributed by atoms with E-state index >= 15 is 0 Å². The zero-order valence-corrected chi connectivity index (χ0v) is 19.1. The third-order valence-corrected chi connectivity index (χ3v) is 7.54. The summed E-state index contributed by atoms with van der Waals surface area (Å²) in [6, 6.07) is 17.1. The number of fused-ring (bicyclic) bond motifs is 1. The lowest BCUT2D eigenvalue weighted by Crippen LogP contribution is -2.28. The van der Waals surface area contributed by atoms with Crippen LogP contribution < -0.4 is 0 Å². The van der Waals surface area contributed by atoms with E-state index in [4.69, 9.17) is 4.99 Å². The van der Waals surface area contributed by atoms with Crippen LogP contribution in [-0.4, -0.2) is 31.4 Å². The molecule has 0 N–H and O–H groups in total. The van der Waals surface area contributed by atoms with Crippen LogP contribution in [-0.2, 0) is 0 Å². The zero-order chi connectivity index (χ0) is 20.1. The van der Waals surface area contributed by atoms with Crippen LogP contribution in [0.3, 0.4) is 0 Å². The molecule has 0 radical (unpaired) electrons. The van der Waals surface area contributed by atoms with Gasteiger partial charge in [0.1, 0.15) is 6.04 Å². The van der Waals surface area contributed by atoms with Crippen molar-refractivity contribution in [3.63, 3.8) is 0 Å². The molecule has 29 heavy (non-hydrogen) atoms. The molecule has 2 aliphatic rings. The van der Waals surface area contributed by atoms with Gasteiger partial charge in [0.15, 0.2) is 5.17 Å². The van der Waals surface area contributed by atoms with Crippen molar-refractivity contribution in [3.8, 4) is 5.69 Å². The number of nitrogens with zero attached hydrogens (tertiary/aromatic N) is 4. The van der Waals surface area contributed by atoms with E-state index in [9.17, 15) is 0 Å². The Kier molecular flexibility index (Phi) is 4.79. The lowest BCUT2D eigenvalue weighted by atomic mass is 9.96. The Morgan fingerprint density at radius 1 is 1.10 bits per heavy atom. The predicted molar refractivity (Wildman–Crippen MR) is 124 cm³/mol.